The molecule has 3 nitrogen and oxygen atoms in total. The summed E-state index contributed by atoms with van der Waals surface area (Å²) in [5.74, 6) is -0.373. The molecule has 0 radical (unpaired) electrons. The van der Waals surface area contributed by atoms with E-state index in [1.807, 2.05) is 0 Å². The molecule has 0 spiro atoms. The van der Waals surface area contributed by atoms with E-state index in [-0.39, 0.29) is 5.92 Å². The van der Waals surface area contributed by atoms with Crippen LogP contribution in [0.3, 0.4) is 0 Å². The largest absolute Gasteiger partial charge is 0.481 e. The third kappa shape index (κ3) is 5.64. The third-order valence-electron chi connectivity index (χ3n) is 2.02. The van der Waals surface area contributed by atoms with E-state index < -0.39 is 5.97 Å². The topological polar surface area (TPSA) is 40.5 Å². The highest BCUT2D eigenvalue weighted by molar-refractivity contribution is 5.69. The van der Waals surface area contributed by atoms with Gasteiger partial charge in [-0.2, -0.15) is 0 Å². The average Bonchev–Trinajstić information content (AvgIpc) is 2.02. The number of nitrogens with zero attached hydrogens (tertiary/aromatic N) is 1. The minimum atomic E-state index is -0.706. The number of hydrogen-bond acceptors (Lipinski definition) is 2. The van der Waals surface area contributed by atoms with Crippen molar-refractivity contribution < 1.29 is 9.90 Å². The second-order valence-corrected chi connectivity index (χ2v) is 3.99. The summed E-state index contributed by atoms with van der Waals surface area (Å²) in [5, 5.41) is 8.73. The normalized spacial score (nSPS) is 13.7. The predicted molar refractivity (Wildman–Crippen MR) is 53.8 cm³/mol. The number of rotatable bonds is 6. The second kappa shape index (κ2) is 5.97. The highest BCUT2D eigenvalue weighted by Gasteiger charge is 2.15. The van der Waals surface area contributed by atoms with Gasteiger partial charge in [0.2, 0.25) is 0 Å². The van der Waals surface area contributed by atoms with E-state index in [0.29, 0.717) is 12.5 Å². The third-order valence-corrected chi connectivity index (χ3v) is 2.02. The van der Waals surface area contributed by atoms with Gasteiger partial charge >= 0.3 is 5.97 Å². The Balaban J connectivity index is 3.90. The lowest BCUT2D eigenvalue weighted by atomic mass is 10.1. The van der Waals surface area contributed by atoms with E-state index >= 15 is 0 Å². The lowest BCUT2D eigenvalue weighted by molar-refractivity contribution is -0.141. The SMILES string of the molecule is CCN(CC(C)C)CC(C)C(=O)O. The van der Waals surface area contributed by atoms with Crippen molar-refractivity contribution in [2.45, 2.75) is 27.7 Å². The number of carboxylic acid groups (broad SMARTS) is 1. The van der Waals surface area contributed by atoms with Crippen LogP contribution in [0.4, 0.5) is 0 Å². The molecule has 0 aromatic rings. The van der Waals surface area contributed by atoms with Crippen LogP contribution in [0.15, 0.2) is 0 Å². The molecule has 1 atom stereocenters. The average molecular weight is 187 g/mol. The van der Waals surface area contributed by atoms with Crippen LogP contribution in [0.5, 0.6) is 0 Å². The van der Waals surface area contributed by atoms with Gasteiger partial charge in [0.1, 0.15) is 0 Å². The number of aliphatic carboxylic acids is 1. The molecule has 1 unspecified atom stereocenters. The zero-order valence-corrected chi connectivity index (χ0v) is 9.08. The highest BCUT2D eigenvalue weighted by Crippen LogP contribution is 2.03. The van der Waals surface area contributed by atoms with Crippen LogP contribution < -0.4 is 0 Å². The van der Waals surface area contributed by atoms with E-state index in [0.717, 1.165) is 13.1 Å². The van der Waals surface area contributed by atoms with Crippen molar-refractivity contribution in [2.75, 3.05) is 19.6 Å². The standard InChI is InChI=1S/C10H21NO2/c1-5-11(6-8(2)3)7-9(4)10(12)13/h8-9H,5-7H2,1-4H3,(H,12,13). The Morgan fingerprint density at radius 1 is 1.31 bits per heavy atom. The molecule has 0 aliphatic heterocycles. The van der Waals surface area contributed by atoms with Crippen LogP contribution in [0.25, 0.3) is 0 Å². The molecular formula is C10H21NO2. The minimum Gasteiger partial charge on any atom is -0.481 e. The Kier molecular flexibility index (Phi) is 5.71. The quantitative estimate of drug-likeness (QED) is 0.688. The van der Waals surface area contributed by atoms with Crippen LogP contribution in [-0.4, -0.2) is 35.6 Å². The van der Waals surface area contributed by atoms with Gasteiger partial charge in [-0.25, -0.2) is 0 Å². The summed E-state index contributed by atoms with van der Waals surface area (Å²) in [6.45, 7) is 10.7. The van der Waals surface area contributed by atoms with Crippen LogP contribution >= 0.6 is 0 Å². The molecule has 0 rings (SSSR count). The van der Waals surface area contributed by atoms with Gasteiger partial charge in [0.05, 0.1) is 5.92 Å². The Hall–Kier alpha value is -0.570. The van der Waals surface area contributed by atoms with Gasteiger partial charge in [0.15, 0.2) is 0 Å². The van der Waals surface area contributed by atoms with Gasteiger partial charge < -0.3 is 10.0 Å². The van der Waals surface area contributed by atoms with E-state index in [9.17, 15) is 4.79 Å². The van der Waals surface area contributed by atoms with Gasteiger partial charge in [-0.05, 0) is 12.5 Å². The fourth-order valence-electron chi connectivity index (χ4n) is 1.31. The number of hydrogen-bond donors (Lipinski definition) is 1. The first-order chi connectivity index (χ1) is 5.97. The fraction of sp³-hybridized carbons (Fsp3) is 0.900. The molecule has 0 bridgehead atoms. The molecule has 78 valence electrons. The lowest BCUT2D eigenvalue weighted by Crippen LogP contribution is -2.34. The summed E-state index contributed by atoms with van der Waals surface area (Å²) in [6.07, 6.45) is 0. The molecule has 1 N–H and O–H groups in total. The zero-order valence-electron chi connectivity index (χ0n) is 9.08. The smallest absolute Gasteiger partial charge is 0.307 e. The summed E-state index contributed by atoms with van der Waals surface area (Å²) < 4.78 is 0. The molecule has 0 amide bonds. The molecular weight excluding hydrogens is 166 g/mol. The van der Waals surface area contributed by atoms with Crippen molar-refractivity contribution >= 4 is 5.97 Å². The van der Waals surface area contributed by atoms with Gasteiger partial charge in [0.25, 0.3) is 0 Å². The minimum absolute atomic E-state index is 0.265. The molecule has 0 aliphatic rings. The highest BCUT2D eigenvalue weighted by atomic mass is 16.4. The maximum Gasteiger partial charge on any atom is 0.307 e. The van der Waals surface area contributed by atoms with Gasteiger partial charge in [0, 0.05) is 13.1 Å². The Bertz CT molecular complexity index is 157. The maximum absolute atomic E-state index is 10.6. The van der Waals surface area contributed by atoms with Gasteiger partial charge in [-0.15, -0.1) is 0 Å². The molecule has 0 fully saturated rings. The lowest BCUT2D eigenvalue weighted by Gasteiger charge is -2.24. The summed E-state index contributed by atoms with van der Waals surface area (Å²) in [7, 11) is 0. The first kappa shape index (κ1) is 12.4. The van der Waals surface area contributed by atoms with Crippen molar-refractivity contribution in [3.8, 4) is 0 Å². The van der Waals surface area contributed by atoms with Crippen LogP contribution in [0, 0.1) is 11.8 Å². The zero-order chi connectivity index (χ0) is 10.4. The van der Waals surface area contributed by atoms with E-state index in [1.165, 1.54) is 0 Å². The van der Waals surface area contributed by atoms with Crippen molar-refractivity contribution in [1.29, 1.82) is 0 Å². The van der Waals surface area contributed by atoms with Crippen LogP contribution in [0.2, 0.25) is 0 Å². The Morgan fingerprint density at radius 3 is 2.15 bits per heavy atom. The summed E-state index contributed by atoms with van der Waals surface area (Å²) in [6, 6.07) is 0. The summed E-state index contributed by atoms with van der Waals surface area (Å²) >= 11 is 0. The Morgan fingerprint density at radius 2 is 1.85 bits per heavy atom. The van der Waals surface area contributed by atoms with Crippen LogP contribution in [0.1, 0.15) is 27.7 Å². The van der Waals surface area contributed by atoms with Crippen molar-refractivity contribution in [1.82, 2.24) is 4.90 Å². The first-order valence-corrected chi connectivity index (χ1v) is 4.92. The monoisotopic (exact) mass is 187 g/mol. The Labute approximate surface area is 80.7 Å². The first-order valence-electron chi connectivity index (χ1n) is 4.92. The molecule has 0 saturated carbocycles. The maximum atomic E-state index is 10.6. The van der Waals surface area contributed by atoms with Gasteiger partial charge in [-0.1, -0.05) is 27.7 Å². The van der Waals surface area contributed by atoms with Crippen molar-refractivity contribution in [3.63, 3.8) is 0 Å². The predicted octanol–water partition coefficient (Wildman–Crippen LogP) is 1.69. The number of carbonyl (C=O) groups is 1. The molecule has 0 heterocycles. The molecule has 3 heteroatoms. The summed E-state index contributed by atoms with van der Waals surface area (Å²) in [4.78, 5) is 12.8. The fourth-order valence-corrected chi connectivity index (χ4v) is 1.31. The second-order valence-electron chi connectivity index (χ2n) is 3.99. The van der Waals surface area contributed by atoms with Crippen LogP contribution in [-0.2, 0) is 4.79 Å². The number of carboxylic acids is 1. The molecule has 0 aromatic heterocycles. The molecule has 13 heavy (non-hydrogen) atoms. The van der Waals surface area contributed by atoms with Gasteiger partial charge in [-0.3, -0.25) is 4.79 Å². The van der Waals surface area contributed by atoms with E-state index in [1.54, 1.807) is 6.92 Å². The molecule has 0 saturated heterocycles. The van der Waals surface area contributed by atoms with Crippen molar-refractivity contribution in [3.05, 3.63) is 0 Å². The molecule has 0 aromatic carbocycles. The molecule has 0 aliphatic carbocycles. The summed E-state index contributed by atoms with van der Waals surface area (Å²) in [5.41, 5.74) is 0. The van der Waals surface area contributed by atoms with E-state index in [2.05, 4.69) is 25.7 Å². The van der Waals surface area contributed by atoms with E-state index in [4.69, 9.17) is 5.11 Å². The van der Waals surface area contributed by atoms with Crippen molar-refractivity contribution in [2.24, 2.45) is 11.8 Å².